The molecule has 86 valence electrons. The summed E-state index contributed by atoms with van der Waals surface area (Å²) in [6.45, 7) is 6.59. The lowest BCUT2D eigenvalue weighted by Crippen LogP contribution is -2.08. The number of carbonyl (C=O) groups is 1. The van der Waals surface area contributed by atoms with Crippen LogP contribution < -0.4 is 0 Å². The zero-order valence-electron chi connectivity index (χ0n) is 9.93. The summed E-state index contributed by atoms with van der Waals surface area (Å²) in [7, 11) is 0. The van der Waals surface area contributed by atoms with Gasteiger partial charge in [0.2, 0.25) is 0 Å². The first kappa shape index (κ1) is 13.0. The van der Waals surface area contributed by atoms with Gasteiger partial charge in [-0.1, -0.05) is 26.8 Å². The second-order valence-electron chi connectivity index (χ2n) is 4.74. The van der Waals surface area contributed by atoms with Crippen LogP contribution in [-0.4, -0.2) is 17.0 Å². The molecule has 0 N–H and O–H groups in total. The van der Waals surface area contributed by atoms with Crippen molar-refractivity contribution in [1.29, 1.82) is 0 Å². The van der Waals surface area contributed by atoms with Crippen LogP contribution in [0.1, 0.15) is 26.3 Å². The van der Waals surface area contributed by atoms with Crippen LogP contribution in [0, 0.1) is 5.41 Å². The number of allylic oxidation sites excluding steroid dienone is 1. The highest BCUT2D eigenvalue weighted by Gasteiger charge is 2.12. The lowest BCUT2D eigenvalue weighted by Gasteiger charge is -2.17. The van der Waals surface area contributed by atoms with E-state index in [0.29, 0.717) is 0 Å². The molecule has 0 amide bonds. The van der Waals surface area contributed by atoms with E-state index in [-0.39, 0.29) is 5.41 Å². The van der Waals surface area contributed by atoms with Crippen LogP contribution >= 0.6 is 11.8 Å². The lowest BCUT2D eigenvalue weighted by molar-refractivity contribution is -0.104. The van der Waals surface area contributed by atoms with Crippen molar-refractivity contribution in [2.75, 3.05) is 5.75 Å². The average Bonchev–Trinajstić information content (AvgIpc) is 2.23. The van der Waals surface area contributed by atoms with Gasteiger partial charge < -0.3 is 0 Å². The van der Waals surface area contributed by atoms with E-state index in [0.717, 1.165) is 22.6 Å². The molecule has 1 heterocycles. The standard InChI is InChI=1S/C13H17NOS/c1-13(2,3)10-16-12-11(7-5-9-15)6-4-8-14-12/h4-9H,10H2,1-3H3/b7-5+. The van der Waals surface area contributed by atoms with Gasteiger partial charge in [-0.05, 0) is 23.6 Å². The molecule has 0 unspecified atom stereocenters. The number of pyridine rings is 1. The van der Waals surface area contributed by atoms with Crippen LogP contribution in [0.4, 0.5) is 0 Å². The highest BCUT2D eigenvalue weighted by molar-refractivity contribution is 7.99. The van der Waals surface area contributed by atoms with E-state index in [2.05, 4.69) is 25.8 Å². The van der Waals surface area contributed by atoms with Gasteiger partial charge >= 0.3 is 0 Å². The molecule has 0 spiro atoms. The second kappa shape index (κ2) is 5.85. The van der Waals surface area contributed by atoms with Gasteiger partial charge in [-0.2, -0.15) is 0 Å². The molecule has 1 aromatic heterocycles. The summed E-state index contributed by atoms with van der Waals surface area (Å²) < 4.78 is 0. The molecule has 0 aromatic carbocycles. The molecule has 3 heteroatoms. The Kier molecular flexibility index (Phi) is 4.74. The number of aromatic nitrogens is 1. The minimum atomic E-state index is 0.272. The summed E-state index contributed by atoms with van der Waals surface area (Å²) in [4.78, 5) is 14.6. The molecule has 0 aliphatic heterocycles. The third-order valence-electron chi connectivity index (χ3n) is 1.80. The van der Waals surface area contributed by atoms with Crippen LogP contribution in [0.2, 0.25) is 0 Å². The van der Waals surface area contributed by atoms with E-state index in [1.54, 1.807) is 24.0 Å². The maximum Gasteiger partial charge on any atom is 0.142 e. The number of hydrogen-bond acceptors (Lipinski definition) is 3. The van der Waals surface area contributed by atoms with Crippen molar-refractivity contribution in [3.63, 3.8) is 0 Å². The maximum atomic E-state index is 10.3. The summed E-state index contributed by atoms with van der Waals surface area (Å²) in [6.07, 6.45) is 5.86. The Balaban J connectivity index is 2.79. The van der Waals surface area contributed by atoms with Gasteiger partial charge in [0, 0.05) is 17.5 Å². The molecule has 2 nitrogen and oxygen atoms in total. The van der Waals surface area contributed by atoms with Gasteiger partial charge in [-0.15, -0.1) is 11.8 Å². The molecule has 0 aliphatic rings. The molecule has 0 bridgehead atoms. The van der Waals surface area contributed by atoms with Crippen molar-refractivity contribution in [3.05, 3.63) is 30.0 Å². The van der Waals surface area contributed by atoms with Gasteiger partial charge in [0.25, 0.3) is 0 Å². The first-order valence-electron chi connectivity index (χ1n) is 5.22. The zero-order chi connectivity index (χ0) is 12.0. The molecule has 1 aromatic rings. The molecule has 16 heavy (non-hydrogen) atoms. The lowest BCUT2D eigenvalue weighted by atomic mass is 10.0. The number of aldehydes is 1. The van der Waals surface area contributed by atoms with Crippen LogP contribution in [-0.2, 0) is 4.79 Å². The van der Waals surface area contributed by atoms with Gasteiger partial charge in [0.05, 0.1) is 0 Å². The number of thioether (sulfide) groups is 1. The Bertz CT molecular complexity index is 380. The summed E-state index contributed by atoms with van der Waals surface area (Å²) in [5.41, 5.74) is 1.28. The summed E-state index contributed by atoms with van der Waals surface area (Å²) >= 11 is 1.73. The largest absolute Gasteiger partial charge is 0.299 e. The van der Waals surface area contributed by atoms with Crippen molar-refractivity contribution in [2.24, 2.45) is 5.41 Å². The fraction of sp³-hybridized carbons (Fsp3) is 0.385. The highest BCUT2D eigenvalue weighted by atomic mass is 32.2. The van der Waals surface area contributed by atoms with Gasteiger partial charge in [0.1, 0.15) is 11.3 Å². The monoisotopic (exact) mass is 235 g/mol. The predicted molar refractivity (Wildman–Crippen MR) is 69.5 cm³/mol. The van der Waals surface area contributed by atoms with E-state index >= 15 is 0 Å². The molecule has 0 atom stereocenters. The molecule has 0 aliphatic carbocycles. The predicted octanol–water partition coefficient (Wildman–Crippen LogP) is 3.43. The average molecular weight is 235 g/mol. The third-order valence-corrected chi connectivity index (χ3v) is 3.42. The zero-order valence-corrected chi connectivity index (χ0v) is 10.8. The third kappa shape index (κ3) is 4.62. The van der Waals surface area contributed by atoms with Crippen molar-refractivity contribution in [3.8, 4) is 0 Å². The summed E-state index contributed by atoms with van der Waals surface area (Å²) in [6, 6.07) is 3.85. The topological polar surface area (TPSA) is 30.0 Å². The van der Waals surface area contributed by atoms with E-state index < -0.39 is 0 Å². The molecular formula is C13H17NOS. The van der Waals surface area contributed by atoms with Gasteiger partial charge in [-0.25, -0.2) is 4.98 Å². The van der Waals surface area contributed by atoms with Gasteiger partial charge in [0.15, 0.2) is 0 Å². The fourth-order valence-corrected chi connectivity index (χ4v) is 2.09. The van der Waals surface area contributed by atoms with Crippen molar-refractivity contribution in [1.82, 2.24) is 4.98 Å². The molecule has 0 fully saturated rings. The molecule has 0 saturated carbocycles. The summed E-state index contributed by atoms with van der Waals surface area (Å²) in [5, 5.41) is 0.982. The van der Waals surface area contributed by atoms with E-state index in [9.17, 15) is 4.79 Å². The smallest absolute Gasteiger partial charge is 0.142 e. The number of rotatable bonds is 4. The first-order chi connectivity index (χ1) is 7.53. The maximum absolute atomic E-state index is 10.3. The van der Waals surface area contributed by atoms with E-state index in [1.807, 2.05) is 12.1 Å². The Hall–Kier alpha value is -1.09. The molecule has 0 saturated heterocycles. The van der Waals surface area contributed by atoms with E-state index in [4.69, 9.17) is 0 Å². The van der Waals surface area contributed by atoms with Crippen molar-refractivity contribution < 1.29 is 4.79 Å². The summed E-state index contributed by atoms with van der Waals surface area (Å²) in [5.74, 6) is 1.01. The fourth-order valence-electron chi connectivity index (χ4n) is 1.08. The minimum absolute atomic E-state index is 0.272. The quantitative estimate of drug-likeness (QED) is 0.455. The highest BCUT2D eigenvalue weighted by Crippen LogP contribution is 2.28. The normalized spacial score (nSPS) is 11.9. The Morgan fingerprint density at radius 3 is 2.81 bits per heavy atom. The Labute approximate surface area is 101 Å². The van der Waals surface area contributed by atoms with Crippen molar-refractivity contribution in [2.45, 2.75) is 25.8 Å². The second-order valence-corrected chi connectivity index (χ2v) is 5.71. The SMILES string of the molecule is CC(C)(C)CSc1ncccc1/C=C/C=O. The van der Waals surface area contributed by atoms with Crippen LogP contribution in [0.15, 0.2) is 29.4 Å². The Morgan fingerprint density at radius 2 is 2.19 bits per heavy atom. The first-order valence-corrected chi connectivity index (χ1v) is 6.21. The van der Waals surface area contributed by atoms with Crippen molar-refractivity contribution >= 4 is 24.1 Å². The minimum Gasteiger partial charge on any atom is -0.299 e. The molecule has 1 rings (SSSR count). The number of hydrogen-bond donors (Lipinski definition) is 0. The Morgan fingerprint density at radius 1 is 1.44 bits per heavy atom. The molecular weight excluding hydrogens is 218 g/mol. The van der Waals surface area contributed by atoms with E-state index in [1.165, 1.54) is 6.08 Å². The number of carbonyl (C=O) groups excluding carboxylic acids is 1. The van der Waals surface area contributed by atoms with Crippen LogP contribution in [0.25, 0.3) is 6.08 Å². The molecule has 0 radical (unpaired) electrons. The van der Waals surface area contributed by atoms with Crippen LogP contribution in [0.3, 0.4) is 0 Å². The van der Waals surface area contributed by atoms with Crippen LogP contribution in [0.5, 0.6) is 0 Å². The van der Waals surface area contributed by atoms with Gasteiger partial charge in [-0.3, -0.25) is 4.79 Å². The number of nitrogens with zero attached hydrogens (tertiary/aromatic N) is 1.